The summed E-state index contributed by atoms with van der Waals surface area (Å²) in [7, 11) is 0. The number of hydrogen-bond acceptors (Lipinski definition) is 7. The van der Waals surface area contributed by atoms with Crippen LogP contribution in [0, 0.1) is 0 Å². The van der Waals surface area contributed by atoms with Gasteiger partial charge in [-0.05, 0) is 37.6 Å². The number of fused-ring (bicyclic) bond motifs is 1. The summed E-state index contributed by atoms with van der Waals surface area (Å²) in [6.07, 6.45) is 0. The Kier molecular flexibility index (Phi) is 5.92. The first-order valence-electron chi connectivity index (χ1n) is 9.92. The minimum atomic E-state index is -0.315. The lowest BCUT2D eigenvalue weighted by molar-refractivity contribution is 0.276. The van der Waals surface area contributed by atoms with E-state index in [1.807, 2.05) is 54.6 Å². The molecular weight excluding hydrogens is 400 g/mol. The van der Waals surface area contributed by atoms with Gasteiger partial charge < -0.3 is 26.0 Å². The Labute approximate surface area is 181 Å². The van der Waals surface area contributed by atoms with Gasteiger partial charge in [-0.15, -0.1) is 0 Å². The Morgan fingerprint density at radius 3 is 2.63 bits per heavy atom. The molecule has 156 valence electrons. The predicted octanol–water partition coefficient (Wildman–Crippen LogP) is 4.62. The molecule has 0 bridgehead atoms. The van der Waals surface area contributed by atoms with E-state index >= 15 is 0 Å². The molecule has 3 aromatic rings. The van der Waals surface area contributed by atoms with Crippen molar-refractivity contribution >= 4 is 40.6 Å². The number of nitrogens with one attached hydrogen (secondary N) is 3. The van der Waals surface area contributed by atoms with Crippen LogP contribution >= 0.6 is 11.6 Å². The average molecular weight is 425 g/mol. The second-order valence-corrected chi connectivity index (χ2v) is 7.85. The van der Waals surface area contributed by atoms with Gasteiger partial charge in [-0.25, -0.2) is 0 Å². The molecule has 2 aromatic carbocycles. The van der Waals surface area contributed by atoms with E-state index < -0.39 is 0 Å². The van der Waals surface area contributed by atoms with Crippen LogP contribution in [0.25, 0.3) is 0 Å². The zero-order valence-corrected chi connectivity index (χ0v) is 17.7. The third-order valence-electron chi connectivity index (χ3n) is 4.99. The lowest BCUT2D eigenvalue weighted by atomic mass is 10.1. The van der Waals surface area contributed by atoms with E-state index in [9.17, 15) is 5.11 Å². The predicted molar refractivity (Wildman–Crippen MR) is 123 cm³/mol. The molecule has 0 spiro atoms. The Bertz CT molecular complexity index is 1010. The lowest BCUT2D eigenvalue weighted by Crippen LogP contribution is -2.30. The summed E-state index contributed by atoms with van der Waals surface area (Å²) in [5.74, 6) is 1.91. The van der Waals surface area contributed by atoms with Crippen molar-refractivity contribution in [2.24, 2.45) is 0 Å². The van der Waals surface area contributed by atoms with E-state index in [-0.39, 0.29) is 18.7 Å². The Morgan fingerprint density at radius 2 is 1.93 bits per heavy atom. The number of halogens is 1. The molecule has 1 aromatic heterocycles. The molecule has 0 radical (unpaired) electrons. The highest BCUT2D eigenvalue weighted by molar-refractivity contribution is 6.30. The molecular formula is C22H25ClN6O. The van der Waals surface area contributed by atoms with Crippen LogP contribution in [0.5, 0.6) is 0 Å². The second-order valence-electron chi connectivity index (χ2n) is 7.42. The smallest absolute Gasteiger partial charge is 0.227 e. The molecule has 1 atom stereocenters. The van der Waals surface area contributed by atoms with Gasteiger partial charge in [0.2, 0.25) is 5.95 Å². The fourth-order valence-corrected chi connectivity index (χ4v) is 3.61. The van der Waals surface area contributed by atoms with Crippen LogP contribution in [0.15, 0.2) is 54.6 Å². The summed E-state index contributed by atoms with van der Waals surface area (Å²) in [4.78, 5) is 11.6. The lowest BCUT2D eigenvalue weighted by Gasteiger charge is -2.23. The maximum Gasteiger partial charge on any atom is 0.227 e. The van der Waals surface area contributed by atoms with Crippen molar-refractivity contribution in [3.8, 4) is 0 Å². The SMILES string of the molecule is CC(C)N1CNc2c(Nc3cccc(Cl)c3)nc(N[C@H](CO)c3ccccc3)nc21. The molecule has 0 aliphatic carbocycles. The number of aliphatic hydroxyl groups is 1. The first-order valence-corrected chi connectivity index (χ1v) is 10.3. The van der Waals surface area contributed by atoms with Crippen molar-refractivity contribution in [1.29, 1.82) is 0 Å². The normalized spacial score (nSPS) is 13.7. The van der Waals surface area contributed by atoms with E-state index in [0.717, 1.165) is 22.8 Å². The first kappa shape index (κ1) is 20.3. The van der Waals surface area contributed by atoms with Crippen molar-refractivity contribution in [3.63, 3.8) is 0 Å². The fourth-order valence-electron chi connectivity index (χ4n) is 3.42. The maximum absolute atomic E-state index is 9.94. The standard InChI is InChI=1S/C22H25ClN6O/c1-14(2)29-13-24-19-20(25-17-10-6-9-16(23)11-17)27-22(28-21(19)29)26-18(12-30)15-7-4-3-5-8-15/h3-11,14,18,24,30H,12-13H2,1-2H3,(H2,25,26,27,28)/t18-/m1/s1. The van der Waals surface area contributed by atoms with E-state index in [2.05, 4.69) is 34.7 Å². The summed E-state index contributed by atoms with van der Waals surface area (Å²) in [6, 6.07) is 17.2. The van der Waals surface area contributed by atoms with E-state index in [0.29, 0.717) is 23.5 Å². The van der Waals surface area contributed by atoms with Crippen molar-refractivity contribution in [1.82, 2.24) is 9.97 Å². The van der Waals surface area contributed by atoms with Gasteiger partial charge in [0.25, 0.3) is 0 Å². The van der Waals surface area contributed by atoms with E-state index in [4.69, 9.17) is 21.6 Å². The van der Waals surface area contributed by atoms with Crippen LogP contribution in [0.3, 0.4) is 0 Å². The van der Waals surface area contributed by atoms with Crippen LogP contribution in [-0.2, 0) is 0 Å². The van der Waals surface area contributed by atoms with Gasteiger partial charge in [-0.2, -0.15) is 9.97 Å². The summed E-state index contributed by atoms with van der Waals surface area (Å²) in [6.45, 7) is 4.82. The molecule has 0 fully saturated rings. The fraction of sp³-hybridized carbons (Fsp3) is 0.273. The molecule has 2 heterocycles. The number of rotatable bonds is 7. The number of anilines is 5. The Balaban J connectivity index is 1.71. The highest BCUT2D eigenvalue weighted by Crippen LogP contribution is 2.39. The van der Waals surface area contributed by atoms with Gasteiger partial charge in [0, 0.05) is 16.8 Å². The van der Waals surface area contributed by atoms with Crippen molar-refractivity contribution in [2.75, 3.05) is 34.1 Å². The van der Waals surface area contributed by atoms with Gasteiger partial charge in [0.1, 0.15) is 5.69 Å². The van der Waals surface area contributed by atoms with Gasteiger partial charge >= 0.3 is 0 Å². The Hall–Kier alpha value is -3.03. The van der Waals surface area contributed by atoms with Crippen LogP contribution in [-0.4, -0.2) is 34.4 Å². The van der Waals surface area contributed by atoms with Gasteiger partial charge in [0.05, 0.1) is 19.3 Å². The minimum absolute atomic E-state index is 0.0757. The maximum atomic E-state index is 9.94. The van der Waals surface area contributed by atoms with Gasteiger partial charge in [-0.1, -0.05) is 48.0 Å². The molecule has 1 aliphatic heterocycles. The summed E-state index contributed by atoms with van der Waals surface area (Å²) >= 11 is 6.14. The average Bonchev–Trinajstić information content (AvgIpc) is 3.17. The van der Waals surface area contributed by atoms with Crippen LogP contribution in [0.2, 0.25) is 5.02 Å². The quantitative estimate of drug-likeness (QED) is 0.440. The summed E-state index contributed by atoms with van der Waals surface area (Å²) < 4.78 is 0. The largest absolute Gasteiger partial charge is 0.394 e. The molecule has 8 heteroatoms. The van der Waals surface area contributed by atoms with Crippen molar-refractivity contribution in [2.45, 2.75) is 25.9 Å². The van der Waals surface area contributed by atoms with Crippen molar-refractivity contribution < 1.29 is 5.11 Å². The molecule has 4 N–H and O–H groups in total. The monoisotopic (exact) mass is 424 g/mol. The molecule has 0 saturated heterocycles. The molecule has 0 unspecified atom stereocenters. The molecule has 30 heavy (non-hydrogen) atoms. The molecule has 0 saturated carbocycles. The van der Waals surface area contributed by atoms with Crippen LogP contribution in [0.4, 0.5) is 29.0 Å². The second kappa shape index (κ2) is 8.77. The summed E-state index contributed by atoms with van der Waals surface area (Å²) in [5, 5.41) is 20.6. The van der Waals surface area contributed by atoms with E-state index in [1.54, 1.807) is 0 Å². The highest BCUT2D eigenvalue weighted by atomic mass is 35.5. The number of hydrogen-bond donors (Lipinski definition) is 4. The molecule has 7 nitrogen and oxygen atoms in total. The topological polar surface area (TPSA) is 85.3 Å². The van der Waals surface area contributed by atoms with E-state index in [1.165, 1.54) is 0 Å². The van der Waals surface area contributed by atoms with Crippen LogP contribution < -0.4 is 20.9 Å². The molecule has 4 rings (SSSR count). The Morgan fingerprint density at radius 1 is 1.13 bits per heavy atom. The first-order chi connectivity index (χ1) is 14.5. The number of aliphatic hydroxyl groups excluding tert-OH is 1. The highest BCUT2D eigenvalue weighted by Gasteiger charge is 2.28. The number of aromatic nitrogens is 2. The zero-order valence-electron chi connectivity index (χ0n) is 16.9. The number of nitrogens with zero attached hydrogens (tertiary/aromatic N) is 3. The zero-order chi connectivity index (χ0) is 21.1. The third-order valence-corrected chi connectivity index (χ3v) is 5.22. The third kappa shape index (κ3) is 4.27. The molecule has 1 aliphatic rings. The number of benzene rings is 2. The summed E-state index contributed by atoms with van der Waals surface area (Å²) in [5.41, 5.74) is 2.64. The van der Waals surface area contributed by atoms with Crippen molar-refractivity contribution in [3.05, 3.63) is 65.2 Å². The van der Waals surface area contributed by atoms with Gasteiger partial charge in [-0.3, -0.25) is 0 Å². The molecule has 0 amide bonds. The van der Waals surface area contributed by atoms with Gasteiger partial charge in [0.15, 0.2) is 11.6 Å². The van der Waals surface area contributed by atoms with Crippen LogP contribution in [0.1, 0.15) is 25.5 Å². The minimum Gasteiger partial charge on any atom is -0.394 e.